The summed E-state index contributed by atoms with van der Waals surface area (Å²) in [5.41, 5.74) is 3.55. The lowest BCUT2D eigenvalue weighted by molar-refractivity contribution is 0.0493. The number of piperidine rings is 1. The van der Waals surface area contributed by atoms with Crippen molar-refractivity contribution in [1.82, 2.24) is 4.90 Å². The predicted molar refractivity (Wildman–Crippen MR) is 133 cm³/mol. The Morgan fingerprint density at radius 2 is 1.59 bits per heavy atom. The van der Waals surface area contributed by atoms with Crippen molar-refractivity contribution in [3.05, 3.63) is 78.4 Å². The van der Waals surface area contributed by atoms with E-state index in [1.807, 2.05) is 60.7 Å². The molecule has 5 heteroatoms. The minimum atomic E-state index is -0.0436. The number of hydrogen-bond acceptors (Lipinski definition) is 4. The maximum absolute atomic E-state index is 13.2. The van der Waals surface area contributed by atoms with Gasteiger partial charge in [-0.25, -0.2) is 0 Å². The van der Waals surface area contributed by atoms with Crippen LogP contribution in [0.25, 0.3) is 11.1 Å². The lowest BCUT2D eigenvalue weighted by atomic mass is 9.90. The third kappa shape index (κ3) is 4.16. The number of rotatable bonds is 5. The maximum Gasteiger partial charge on any atom is 0.264 e. The molecule has 0 bridgehead atoms. The Morgan fingerprint density at radius 1 is 0.824 bits per heavy atom. The van der Waals surface area contributed by atoms with Gasteiger partial charge >= 0.3 is 0 Å². The van der Waals surface area contributed by atoms with E-state index in [1.165, 1.54) is 19.3 Å². The molecule has 0 N–H and O–H groups in total. The smallest absolute Gasteiger partial charge is 0.264 e. The minimum absolute atomic E-state index is 0.0436. The summed E-state index contributed by atoms with van der Waals surface area (Å²) in [5, 5.41) is 0. The van der Waals surface area contributed by atoms with Crippen molar-refractivity contribution >= 4 is 11.6 Å². The van der Waals surface area contributed by atoms with Crippen molar-refractivity contribution in [2.24, 2.45) is 0 Å². The van der Waals surface area contributed by atoms with Crippen molar-refractivity contribution in [2.75, 3.05) is 24.7 Å². The third-order valence-electron chi connectivity index (χ3n) is 7.43. The number of fused-ring (bicyclic) bond motifs is 1. The molecular weight excluding hydrogens is 424 g/mol. The van der Waals surface area contributed by atoms with Gasteiger partial charge in [0.05, 0.1) is 5.56 Å². The van der Waals surface area contributed by atoms with Gasteiger partial charge in [-0.1, -0.05) is 42.8 Å². The Hall–Kier alpha value is -3.31. The van der Waals surface area contributed by atoms with Gasteiger partial charge in [-0.3, -0.25) is 9.69 Å². The largest absolute Gasteiger partial charge is 0.490 e. The summed E-state index contributed by atoms with van der Waals surface area (Å²) in [7, 11) is 0. The van der Waals surface area contributed by atoms with Gasteiger partial charge in [0.2, 0.25) is 0 Å². The molecule has 0 atom stereocenters. The number of ether oxygens (including phenoxy) is 2. The second-order valence-electron chi connectivity index (χ2n) is 9.52. The molecule has 2 aliphatic heterocycles. The van der Waals surface area contributed by atoms with Crippen molar-refractivity contribution in [3.8, 4) is 22.6 Å². The van der Waals surface area contributed by atoms with E-state index in [0.717, 1.165) is 54.5 Å². The number of likely N-dealkylation sites (tertiary alicyclic amines) is 1. The Bertz CT molecular complexity index is 1150. The standard InChI is InChI=1S/C29H30N2O3/c32-29-27-14-9-22(21-5-2-1-3-6-21)19-28(27)33-20-31(29)24-10-12-25(13-11-24)34-26-15-17-30(18-16-26)23-7-4-8-23/h1-3,5-6,9-14,19,23,26H,4,7-8,15-18,20H2. The lowest BCUT2D eigenvalue weighted by Gasteiger charge is -2.41. The summed E-state index contributed by atoms with van der Waals surface area (Å²) < 4.78 is 12.2. The highest BCUT2D eigenvalue weighted by Crippen LogP contribution is 2.33. The van der Waals surface area contributed by atoms with Crippen LogP contribution in [-0.2, 0) is 0 Å². The number of carbonyl (C=O) groups excluding carboxylic acids is 1. The summed E-state index contributed by atoms with van der Waals surface area (Å²) in [6.07, 6.45) is 6.55. The SMILES string of the molecule is O=C1c2ccc(-c3ccccc3)cc2OCN1c1ccc(OC2CCN(C3CCC3)CC2)cc1. The van der Waals surface area contributed by atoms with E-state index < -0.39 is 0 Å². The van der Waals surface area contributed by atoms with E-state index in [4.69, 9.17) is 9.47 Å². The van der Waals surface area contributed by atoms with Crippen LogP contribution >= 0.6 is 0 Å². The van der Waals surface area contributed by atoms with Gasteiger partial charge in [-0.2, -0.15) is 0 Å². The molecule has 3 aromatic rings. The number of amides is 1. The average Bonchev–Trinajstić information content (AvgIpc) is 2.85. The highest BCUT2D eigenvalue weighted by atomic mass is 16.5. The van der Waals surface area contributed by atoms with Gasteiger partial charge in [0.25, 0.3) is 5.91 Å². The fourth-order valence-electron chi connectivity index (χ4n) is 5.17. The number of nitrogens with zero attached hydrogens (tertiary/aromatic N) is 2. The first-order valence-electron chi connectivity index (χ1n) is 12.4. The van der Waals surface area contributed by atoms with Crippen molar-refractivity contribution < 1.29 is 14.3 Å². The minimum Gasteiger partial charge on any atom is -0.490 e. The van der Waals surface area contributed by atoms with E-state index in [-0.39, 0.29) is 18.7 Å². The van der Waals surface area contributed by atoms with Crippen LogP contribution < -0.4 is 14.4 Å². The first-order chi connectivity index (χ1) is 16.7. The van der Waals surface area contributed by atoms with Crippen LogP contribution in [0.3, 0.4) is 0 Å². The first-order valence-corrected chi connectivity index (χ1v) is 12.4. The van der Waals surface area contributed by atoms with E-state index >= 15 is 0 Å². The molecule has 6 rings (SSSR count). The summed E-state index contributed by atoms with van der Waals surface area (Å²) in [6.45, 7) is 2.47. The summed E-state index contributed by atoms with van der Waals surface area (Å²) >= 11 is 0. The Kier molecular flexibility index (Phi) is 5.71. The quantitative estimate of drug-likeness (QED) is 0.493. The van der Waals surface area contributed by atoms with E-state index in [2.05, 4.69) is 17.0 Å². The molecule has 1 saturated carbocycles. The number of anilines is 1. The van der Waals surface area contributed by atoms with Gasteiger partial charge in [0, 0.05) is 24.8 Å². The summed E-state index contributed by atoms with van der Waals surface area (Å²) in [6, 6.07) is 24.6. The normalized spacial score (nSPS) is 19.3. The Morgan fingerprint density at radius 3 is 2.29 bits per heavy atom. The number of carbonyl (C=O) groups is 1. The molecule has 0 aromatic heterocycles. The fourth-order valence-corrected chi connectivity index (χ4v) is 5.17. The van der Waals surface area contributed by atoms with Gasteiger partial charge in [0.15, 0.2) is 6.73 Å². The van der Waals surface area contributed by atoms with Crippen LogP contribution in [0.5, 0.6) is 11.5 Å². The van der Waals surface area contributed by atoms with Gasteiger partial charge < -0.3 is 14.4 Å². The second-order valence-corrected chi connectivity index (χ2v) is 9.52. The van der Waals surface area contributed by atoms with E-state index in [9.17, 15) is 4.79 Å². The highest BCUT2D eigenvalue weighted by molar-refractivity contribution is 6.09. The topological polar surface area (TPSA) is 42.0 Å². The van der Waals surface area contributed by atoms with Crippen LogP contribution in [0, 0.1) is 0 Å². The molecular formula is C29H30N2O3. The monoisotopic (exact) mass is 454 g/mol. The van der Waals surface area contributed by atoms with Crippen molar-refractivity contribution in [1.29, 1.82) is 0 Å². The molecule has 3 aromatic carbocycles. The third-order valence-corrected chi connectivity index (χ3v) is 7.43. The van der Waals surface area contributed by atoms with Crippen molar-refractivity contribution in [3.63, 3.8) is 0 Å². The zero-order chi connectivity index (χ0) is 22.9. The van der Waals surface area contributed by atoms with E-state index in [1.54, 1.807) is 4.90 Å². The summed E-state index contributed by atoms with van der Waals surface area (Å²) in [4.78, 5) is 17.5. The van der Waals surface area contributed by atoms with Gasteiger partial charge in [-0.05, 0) is 73.2 Å². The Balaban J connectivity index is 1.10. The number of hydrogen-bond donors (Lipinski definition) is 0. The Labute approximate surface area is 200 Å². The average molecular weight is 455 g/mol. The fraction of sp³-hybridized carbons (Fsp3) is 0.345. The lowest BCUT2D eigenvalue weighted by Crippen LogP contribution is -2.46. The molecule has 1 aliphatic carbocycles. The van der Waals surface area contributed by atoms with Crippen LogP contribution in [0.4, 0.5) is 5.69 Å². The summed E-state index contributed by atoms with van der Waals surface area (Å²) in [5.74, 6) is 1.46. The van der Waals surface area contributed by atoms with Crippen LogP contribution in [0.15, 0.2) is 72.8 Å². The van der Waals surface area contributed by atoms with Crippen LogP contribution in [-0.4, -0.2) is 42.8 Å². The van der Waals surface area contributed by atoms with Crippen LogP contribution in [0.1, 0.15) is 42.5 Å². The zero-order valence-electron chi connectivity index (χ0n) is 19.4. The highest BCUT2D eigenvalue weighted by Gasteiger charge is 2.30. The molecule has 2 heterocycles. The molecule has 0 radical (unpaired) electrons. The molecule has 5 nitrogen and oxygen atoms in total. The number of benzene rings is 3. The molecule has 0 spiro atoms. The maximum atomic E-state index is 13.2. The van der Waals surface area contributed by atoms with E-state index in [0.29, 0.717) is 11.3 Å². The van der Waals surface area contributed by atoms with Gasteiger partial charge in [0.1, 0.15) is 17.6 Å². The molecule has 174 valence electrons. The van der Waals surface area contributed by atoms with Gasteiger partial charge in [-0.15, -0.1) is 0 Å². The zero-order valence-corrected chi connectivity index (χ0v) is 19.4. The molecule has 2 fully saturated rings. The molecule has 0 unspecified atom stereocenters. The molecule has 3 aliphatic rings. The second kappa shape index (κ2) is 9.15. The molecule has 1 amide bonds. The molecule has 1 saturated heterocycles. The van der Waals surface area contributed by atoms with Crippen LogP contribution in [0.2, 0.25) is 0 Å². The van der Waals surface area contributed by atoms with Crippen molar-refractivity contribution in [2.45, 2.75) is 44.2 Å². The molecule has 34 heavy (non-hydrogen) atoms. The first kappa shape index (κ1) is 21.2. The predicted octanol–water partition coefficient (Wildman–Crippen LogP) is 5.75.